The Kier molecular flexibility index (Phi) is 5.24. The van der Waals surface area contributed by atoms with Crippen LogP contribution in [0.3, 0.4) is 0 Å². The molecular weight excluding hydrogens is 300 g/mol. The van der Waals surface area contributed by atoms with Crippen LogP contribution in [-0.4, -0.2) is 7.05 Å². The van der Waals surface area contributed by atoms with Crippen molar-refractivity contribution in [2.45, 2.75) is 13.2 Å². The third-order valence-corrected chi connectivity index (χ3v) is 3.60. The summed E-state index contributed by atoms with van der Waals surface area (Å²) in [6.45, 7) is 0.813. The molecule has 0 bridgehead atoms. The van der Waals surface area contributed by atoms with Gasteiger partial charge < -0.3 is 10.1 Å². The maximum Gasteiger partial charge on any atom is 0.127 e. The summed E-state index contributed by atoms with van der Waals surface area (Å²) in [6.07, 6.45) is 0. The molecule has 0 heterocycles. The van der Waals surface area contributed by atoms with E-state index < -0.39 is 0 Å². The van der Waals surface area contributed by atoms with Crippen molar-refractivity contribution < 1.29 is 9.13 Å². The van der Waals surface area contributed by atoms with Gasteiger partial charge in [-0.3, -0.25) is 0 Å². The fraction of sp³-hybridized carbons (Fsp3) is 0.200. The number of hydrogen-bond donors (Lipinski definition) is 1. The molecule has 0 spiro atoms. The molecule has 0 atom stereocenters. The van der Waals surface area contributed by atoms with Crippen molar-refractivity contribution in [2.24, 2.45) is 0 Å². The smallest absolute Gasteiger partial charge is 0.127 e. The molecule has 2 nitrogen and oxygen atoms in total. The highest BCUT2D eigenvalue weighted by atomic mass is 35.5. The summed E-state index contributed by atoms with van der Waals surface area (Å²) < 4.78 is 19.1. The summed E-state index contributed by atoms with van der Waals surface area (Å²) in [5.41, 5.74) is 1.58. The second kappa shape index (κ2) is 6.93. The minimum Gasteiger partial charge on any atom is -0.489 e. The van der Waals surface area contributed by atoms with Crippen LogP contribution in [0.25, 0.3) is 0 Å². The summed E-state index contributed by atoms with van der Waals surface area (Å²) in [5, 5.41) is 3.90. The molecule has 5 heteroatoms. The summed E-state index contributed by atoms with van der Waals surface area (Å²) in [4.78, 5) is 0. The van der Waals surface area contributed by atoms with Gasteiger partial charge in [0.2, 0.25) is 0 Å². The van der Waals surface area contributed by atoms with Gasteiger partial charge in [0.05, 0.1) is 10.0 Å². The minimum absolute atomic E-state index is 0.238. The first-order valence-electron chi connectivity index (χ1n) is 6.10. The van der Waals surface area contributed by atoms with E-state index in [9.17, 15) is 4.39 Å². The van der Waals surface area contributed by atoms with E-state index in [1.165, 1.54) is 12.1 Å². The molecule has 106 valence electrons. The lowest BCUT2D eigenvalue weighted by Crippen LogP contribution is -2.06. The number of rotatable bonds is 5. The van der Waals surface area contributed by atoms with E-state index in [-0.39, 0.29) is 12.4 Å². The fourth-order valence-electron chi connectivity index (χ4n) is 1.83. The normalized spacial score (nSPS) is 10.6. The zero-order valence-corrected chi connectivity index (χ0v) is 12.4. The van der Waals surface area contributed by atoms with E-state index in [1.54, 1.807) is 25.2 Å². The Hall–Kier alpha value is -1.29. The number of benzene rings is 2. The zero-order valence-electron chi connectivity index (χ0n) is 10.9. The summed E-state index contributed by atoms with van der Waals surface area (Å²) in [6, 6.07) is 9.93. The molecule has 20 heavy (non-hydrogen) atoms. The molecule has 0 saturated carbocycles. The molecule has 0 aliphatic rings. The molecule has 0 aromatic heterocycles. The predicted molar refractivity (Wildman–Crippen MR) is 80.0 cm³/mol. The van der Waals surface area contributed by atoms with Crippen LogP contribution in [0.2, 0.25) is 10.0 Å². The van der Waals surface area contributed by atoms with E-state index in [4.69, 9.17) is 27.9 Å². The topological polar surface area (TPSA) is 21.3 Å². The van der Waals surface area contributed by atoms with Gasteiger partial charge in [-0.1, -0.05) is 35.3 Å². The fourth-order valence-corrected chi connectivity index (χ4v) is 2.21. The standard InChI is InChI=1S/C15H14Cl2FNO/c1-19-8-10-5-12(18)7-13(6-10)20-9-11-3-2-4-14(16)15(11)17/h2-7,19H,8-9H2,1H3. The van der Waals surface area contributed by atoms with E-state index >= 15 is 0 Å². The van der Waals surface area contributed by atoms with Crippen molar-refractivity contribution in [3.8, 4) is 5.75 Å². The van der Waals surface area contributed by atoms with Gasteiger partial charge in [0.25, 0.3) is 0 Å². The number of hydrogen-bond acceptors (Lipinski definition) is 2. The van der Waals surface area contributed by atoms with E-state index in [0.29, 0.717) is 22.3 Å². The van der Waals surface area contributed by atoms with Crippen molar-refractivity contribution in [2.75, 3.05) is 7.05 Å². The number of nitrogens with one attached hydrogen (secondary N) is 1. The van der Waals surface area contributed by atoms with Crippen molar-refractivity contribution in [1.82, 2.24) is 5.32 Å². The summed E-state index contributed by atoms with van der Waals surface area (Å²) >= 11 is 12.0. The highest BCUT2D eigenvalue weighted by Crippen LogP contribution is 2.27. The lowest BCUT2D eigenvalue weighted by Gasteiger charge is -2.10. The van der Waals surface area contributed by atoms with Crippen molar-refractivity contribution in [3.63, 3.8) is 0 Å². The van der Waals surface area contributed by atoms with Crippen LogP contribution >= 0.6 is 23.2 Å². The molecule has 0 radical (unpaired) electrons. The Morgan fingerprint density at radius 3 is 2.75 bits per heavy atom. The maximum atomic E-state index is 13.5. The van der Waals surface area contributed by atoms with Crippen LogP contribution in [0.5, 0.6) is 5.75 Å². The van der Waals surface area contributed by atoms with Crippen LogP contribution in [-0.2, 0) is 13.2 Å². The highest BCUT2D eigenvalue weighted by Gasteiger charge is 2.06. The summed E-state index contributed by atoms with van der Waals surface area (Å²) in [5.74, 6) is 0.135. The molecule has 0 fully saturated rings. The van der Waals surface area contributed by atoms with Crippen LogP contribution in [0.4, 0.5) is 4.39 Å². The molecule has 0 amide bonds. The van der Waals surface area contributed by atoms with Crippen LogP contribution < -0.4 is 10.1 Å². The van der Waals surface area contributed by atoms with Gasteiger partial charge in [-0.25, -0.2) is 4.39 Å². The maximum absolute atomic E-state index is 13.5. The third-order valence-electron chi connectivity index (χ3n) is 2.74. The summed E-state index contributed by atoms with van der Waals surface area (Å²) in [7, 11) is 1.80. The number of halogens is 3. The molecule has 2 aromatic carbocycles. The largest absolute Gasteiger partial charge is 0.489 e. The number of ether oxygens (including phenoxy) is 1. The van der Waals surface area contributed by atoms with E-state index in [0.717, 1.165) is 11.1 Å². The van der Waals surface area contributed by atoms with Gasteiger partial charge in [0, 0.05) is 18.2 Å². The molecular formula is C15H14Cl2FNO. The molecule has 0 saturated heterocycles. The molecule has 2 aromatic rings. The SMILES string of the molecule is CNCc1cc(F)cc(OCc2cccc(Cl)c2Cl)c1. The zero-order chi connectivity index (χ0) is 14.5. The lowest BCUT2D eigenvalue weighted by molar-refractivity contribution is 0.304. The second-order valence-electron chi connectivity index (χ2n) is 4.33. The lowest BCUT2D eigenvalue weighted by atomic mass is 10.2. The van der Waals surface area contributed by atoms with Gasteiger partial charge in [-0.15, -0.1) is 0 Å². The van der Waals surface area contributed by atoms with Crippen LogP contribution in [0, 0.1) is 5.82 Å². The van der Waals surface area contributed by atoms with E-state index in [1.807, 2.05) is 6.07 Å². The molecule has 0 aliphatic carbocycles. The first kappa shape index (κ1) is 15.1. The Morgan fingerprint density at radius 1 is 1.20 bits per heavy atom. The van der Waals surface area contributed by atoms with Gasteiger partial charge in [-0.05, 0) is 30.8 Å². The Bertz CT molecular complexity index is 604. The van der Waals surface area contributed by atoms with Gasteiger partial charge in [0.15, 0.2) is 0 Å². The molecule has 0 aliphatic heterocycles. The third kappa shape index (κ3) is 3.85. The Balaban J connectivity index is 2.12. The predicted octanol–water partition coefficient (Wildman–Crippen LogP) is 4.43. The van der Waals surface area contributed by atoms with Crippen molar-refractivity contribution >= 4 is 23.2 Å². The van der Waals surface area contributed by atoms with E-state index in [2.05, 4.69) is 5.32 Å². The average Bonchev–Trinajstić information content (AvgIpc) is 2.40. The second-order valence-corrected chi connectivity index (χ2v) is 5.11. The Labute approximate surface area is 127 Å². The van der Waals surface area contributed by atoms with Gasteiger partial charge >= 0.3 is 0 Å². The average molecular weight is 314 g/mol. The quantitative estimate of drug-likeness (QED) is 0.881. The molecule has 0 unspecified atom stereocenters. The van der Waals surface area contributed by atoms with Gasteiger partial charge in [0.1, 0.15) is 18.2 Å². The van der Waals surface area contributed by atoms with Crippen LogP contribution in [0.15, 0.2) is 36.4 Å². The van der Waals surface area contributed by atoms with Crippen LogP contribution in [0.1, 0.15) is 11.1 Å². The van der Waals surface area contributed by atoms with Crippen molar-refractivity contribution in [3.05, 3.63) is 63.4 Å². The monoisotopic (exact) mass is 313 g/mol. The molecule has 2 rings (SSSR count). The Morgan fingerprint density at radius 2 is 2.00 bits per heavy atom. The first-order chi connectivity index (χ1) is 9.60. The first-order valence-corrected chi connectivity index (χ1v) is 6.85. The minimum atomic E-state index is -0.329. The van der Waals surface area contributed by atoms with Gasteiger partial charge in [-0.2, -0.15) is 0 Å². The highest BCUT2D eigenvalue weighted by molar-refractivity contribution is 6.42. The van der Waals surface area contributed by atoms with Crippen molar-refractivity contribution in [1.29, 1.82) is 0 Å². The molecule has 1 N–H and O–H groups in total.